The molecule has 2 aromatic carbocycles. The smallest absolute Gasteiger partial charge is 0.254 e. The van der Waals surface area contributed by atoms with Crippen LogP contribution in [0.1, 0.15) is 32.7 Å². The van der Waals surface area contributed by atoms with E-state index in [0.717, 1.165) is 10.9 Å². The van der Waals surface area contributed by atoms with E-state index in [9.17, 15) is 9.59 Å². The Morgan fingerprint density at radius 2 is 1.69 bits per heavy atom. The van der Waals surface area contributed by atoms with Crippen molar-refractivity contribution in [3.05, 3.63) is 94.1 Å². The maximum atomic E-state index is 13.1. The van der Waals surface area contributed by atoms with Crippen molar-refractivity contribution < 1.29 is 14.3 Å². The molecule has 1 atom stereocenters. The van der Waals surface area contributed by atoms with E-state index in [0.29, 0.717) is 35.7 Å². The lowest BCUT2D eigenvalue weighted by Gasteiger charge is -2.18. The molecular weight excluding hydrogens is 432 g/mol. The maximum absolute atomic E-state index is 13.1. The van der Waals surface area contributed by atoms with E-state index in [-0.39, 0.29) is 17.8 Å². The van der Waals surface area contributed by atoms with E-state index in [1.807, 2.05) is 24.3 Å². The van der Waals surface area contributed by atoms with Crippen LogP contribution in [0.5, 0.6) is 5.88 Å². The van der Waals surface area contributed by atoms with Crippen LogP contribution in [0.2, 0.25) is 0 Å². The molecule has 0 N–H and O–H groups in total. The molecule has 3 aromatic rings. The number of likely N-dealkylation sites (tertiary alicyclic amines) is 1. The number of benzene rings is 2. The van der Waals surface area contributed by atoms with Crippen LogP contribution in [-0.2, 0) is 0 Å². The number of amides is 1. The van der Waals surface area contributed by atoms with Crippen LogP contribution in [0.15, 0.2) is 77.4 Å². The maximum Gasteiger partial charge on any atom is 0.254 e. The minimum atomic E-state index is -0.153. The number of carbonyl (C=O) groups excluding carboxylic acids is 2. The van der Waals surface area contributed by atoms with Gasteiger partial charge in [0.25, 0.3) is 5.91 Å². The summed E-state index contributed by atoms with van der Waals surface area (Å²) in [5, 5.41) is 0. The van der Waals surface area contributed by atoms with Gasteiger partial charge in [0.15, 0.2) is 5.78 Å². The molecule has 0 saturated carbocycles. The molecule has 0 spiro atoms. The van der Waals surface area contributed by atoms with Crippen molar-refractivity contribution >= 4 is 27.6 Å². The number of aromatic nitrogens is 1. The summed E-state index contributed by atoms with van der Waals surface area (Å²) in [5.74, 6) is 0.229. The van der Waals surface area contributed by atoms with Crippen molar-refractivity contribution in [2.24, 2.45) is 0 Å². The molecule has 1 amide bonds. The third kappa shape index (κ3) is 4.38. The largest absolute Gasteiger partial charge is 0.472 e. The first-order valence-electron chi connectivity index (χ1n) is 9.38. The summed E-state index contributed by atoms with van der Waals surface area (Å²) in [5.41, 5.74) is 1.41. The molecule has 1 unspecified atom stereocenters. The quantitative estimate of drug-likeness (QED) is 0.541. The minimum absolute atomic E-state index is 0.121. The summed E-state index contributed by atoms with van der Waals surface area (Å²) in [6.45, 7) is 1.04. The van der Waals surface area contributed by atoms with Gasteiger partial charge in [0.2, 0.25) is 5.88 Å². The second-order valence-electron chi connectivity index (χ2n) is 6.84. The van der Waals surface area contributed by atoms with Gasteiger partial charge in [0.1, 0.15) is 6.10 Å². The van der Waals surface area contributed by atoms with Crippen LogP contribution in [0.4, 0.5) is 0 Å². The van der Waals surface area contributed by atoms with Crippen LogP contribution in [-0.4, -0.2) is 40.8 Å². The van der Waals surface area contributed by atoms with Crippen LogP contribution < -0.4 is 4.74 Å². The average Bonchev–Trinajstić information content (AvgIpc) is 3.23. The first kappa shape index (κ1) is 19.3. The molecule has 1 aliphatic heterocycles. The predicted molar refractivity (Wildman–Crippen MR) is 113 cm³/mol. The highest BCUT2D eigenvalue weighted by Gasteiger charge is 2.30. The summed E-state index contributed by atoms with van der Waals surface area (Å²) in [4.78, 5) is 32.0. The van der Waals surface area contributed by atoms with Crippen molar-refractivity contribution in [2.75, 3.05) is 13.1 Å². The Bertz CT molecular complexity index is 1020. The molecule has 1 fully saturated rings. The number of nitrogens with zero attached hydrogens (tertiary/aromatic N) is 2. The number of hydrogen-bond donors (Lipinski definition) is 0. The Kier molecular flexibility index (Phi) is 5.71. The highest BCUT2D eigenvalue weighted by atomic mass is 79.9. The zero-order valence-electron chi connectivity index (χ0n) is 15.6. The average molecular weight is 451 g/mol. The first-order chi connectivity index (χ1) is 14.1. The van der Waals surface area contributed by atoms with Gasteiger partial charge in [-0.2, -0.15) is 0 Å². The second kappa shape index (κ2) is 8.57. The number of ether oxygens (including phenoxy) is 1. The molecule has 2 heterocycles. The van der Waals surface area contributed by atoms with Crippen molar-refractivity contribution in [2.45, 2.75) is 12.5 Å². The molecule has 29 heavy (non-hydrogen) atoms. The normalized spacial score (nSPS) is 15.9. The van der Waals surface area contributed by atoms with E-state index < -0.39 is 0 Å². The third-order valence-corrected chi connectivity index (χ3v) is 5.33. The van der Waals surface area contributed by atoms with E-state index in [4.69, 9.17) is 4.74 Å². The van der Waals surface area contributed by atoms with Gasteiger partial charge < -0.3 is 9.64 Å². The Balaban J connectivity index is 1.49. The van der Waals surface area contributed by atoms with Gasteiger partial charge in [-0.05, 0) is 28.1 Å². The lowest BCUT2D eigenvalue weighted by Crippen LogP contribution is -2.32. The molecule has 146 valence electrons. The molecule has 1 aromatic heterocycles. The third-order valence-electron chi connectivity index (χ3n) is 4.86. The van der Waals surface area contributed by atoms with Gasteiger partial charge in [-0.15, -0.1) is 0 Å². The molecule has 5 nitrogen and oxygen atoms in total. The monoisotopic (exact) mass is 450 g/mol. The van der Waals surface area contributed by atoms with Gasteiger partial charge >= 0.3 is 0 Å². The Morgan fingerprint density at radius 1 is 0.966 bits per heavy atom. The highest BCUT2D eigenvalue weighted by Crippen LogP contribution is 2.22. The topological polar surface area (TPSA) is 59.5 Å². The zero-order valence-corrected chi connectivity index (χ0v) is 17.2. The van der Waals surface area contributed by atoms with Crippen LogP contribution in [0.25, 0.3) is 0 Å². The number of pyridine rings is 1. The molecule has 0 aliphatic carbocycles. The molecule has 1 aliphatic rings. The summed E-state index contributed by atoms with van der Waals surface area (Å²) in [7, 11) is 0. The summed E-state index contributed by atoms with van der Waals surface area (Å²) >= 11 is 3.35. The number of ketones is 1. The van der Waals surface area contributed by atoms with Crippen LogP contribution in [0, 0.1) is 0 Å². The number of hydrogen-bond acceptors (Lipinski definition) is 4. The Hall–Kier alpha value is -2.99. The summed E-state index contributed by atoms with van der Waals surface area (Å²) in [6.07, 6.45) is 2.28. The van der Waals surface area contributed by atoms with Gasteiger partial charge in [0, 0.05) is 40.8 Å². The van der Waals surface area contributed by atoms with Crippen molar-refractivity contribution in [1.82, 2.24) is 9.88 Å². The SMILES string of the molecule is O=C(c1ccccc1)c1ccccc1C(=O)N1CCC(Oc2ccc(Br)cn2)C1. The number of carbonyl (C=O) groups is 2. The van der Waals surface area contributed by atoms with Crippen molar-refractivity contribution in [3.8, 4) is 5.88 Å². The summed E-state index contributed by atoms with van der Waals surface area (Å²) in [6, 6.07) is 19.6. The van der Waals surface area contributed by atoms with Gasteiger partial charge in [-0.3, -0.25) is 9.59 Å². The van der Waals surface area contributed by atoms with Crippen LogP contribution in [0.3, 0.4) is 0 Å². The Morgan fingerprint density at radius 3 is 2.41 bits per heavy atom. The second-order valence-corrected chi connectivity index (χ2v) is 7.75. The van der Waals surface area contributed by atoms with E-state index in [2.05, 4.69) is 20.9 Å². The van der Waals surface area contributed by atoms with E-state index in [1.165, 1.54) is 0 Å². The lowest BCUT2D eigenvalue weighted by molar-refractivity contribution is 0.0767. The highest BCUT2D eigenvalue weighted by molar-refractivity contribution is 9.10. The number of halogens is 1. The minimum Gasteiger partial charge on any atom is -0.472 e. The van der Waals surface area contributed by atoms with Crippen molar-refractivity contribution in [1.29, 1.82) is 0 Å². The molecule has 1 saturated heterocycles. The molecule has 6 heteroatoms. The van der Waals surface area contributed by atoms with Crippen LogP contribution >= 0.6 is 15.9 Å². The van der Waals surface area contributed by atoms with Gasteiger partial charge in [-0.1, -0.05) is 48.5 Å². The lowest BCUT2D eigenvalue weighted by atomic mass is 9.97. The number of rotatable bonds is 5. The molecule has 0 radical (unpaired) electrons. The molecule has 4 rings (SSSR count). The van der Waals surface area contributed by atoms with E-state index in [1.54, 1.807) is 53.6 Å². The van der Waals surface area contributed by atoms with Gasteiger partial charge in [-0.25, -0.2) is 4.98 Å². The first-order valence-corrected chi connectivity index (χ1v) is 10.2. The fraction of sp³-hybridized carbons (Fsp3) is 0.174. The van der Waals surface area contributed by atoms with E-state index >= 15 is 0 Å². The Labute approximate surface area is 177 Å². The summed E-state index contributed by atoms with van der Waals surface area (Å²) < 4.78 is 6.78. The standard InChI is InChI=1S/C23H19BrN2O3/c24-17-10-11-21(25-14-17)29-18-12-13-26(15-18)23(28)20-9-5-4-8-19(20)22(27)16-6-2-1-3-7-16/h1-11,14,18H,12-13,15H2. The van der Waals surface area contributed by atoms with Gasteiger partial charge in [0.05, 0.1) is 12.1 Å². The molecule has 0 bridgehead atoms. The fourth-order valence-corrected chi connectivity index (χ4v) is 3.63. The fourth-order valence-electron chi connectivity index (χ4n) is 3.39. The predicted octanol–water partition coefficient (Wildman–Crippen LogP) is 4.37. The van der Waals surface area contributed by atoms with Crippen molar-refractivity contribution in [3.63, 3.8) is 0 Å². The molecular formula is C23H19BrN2O3. The zero-order chi connectivity index (χ0) is 20.2.